The number of hydrogen-bond acceptors (Lipinski definition) is 1. The summed E-state index contributed by atoms with van der Waals surface area (Å²) in [7, 11) is -0.685. The van der Waals surface area contributed by atoms with E-state index in [9.17, 15) is 0 Å². The van der Waals surface area contributed by atoms with Crippen molar-refractivity contribution >= 4 is 14.2 Å². The summed E-state index contributed by atoms with van der Waals surface area (Å²) in [6.45, 7) is 3.24. The average molecular weight is 233 g/mol. The Morgan fingerprint density at radius 2 is 2.12 bits per heavy atom. The summed E-state index contributed by atoms with van der Waals surface area (Å²) in [5.74, 6) is 0. The zero-order valence-corrected chi connectivity index (χ0v) is 11.2. The lowest BCUT2D eigenvalue weighted by atomic mass is 10.1. The molecule has 2 rings (SSSR count). The van der Waals surface area contributed by atoms with Gasteiger partial charge in [0, 0.05) is 6.61 Å². The molecule has 16 heavy (non-hydrogen) atoms. The van der Waals surface area contributed by atoms with Crippen molar-refractivity contribution in [3.8, 4) is 0 Å². The van der Waals surface area contributed by atoms with E-state index in [1.54, 1.807) is 10.8 Å². The first-order valence-electron chi connectivity index (χ1n) is 6.48. The van der Waals surface area contributed by atoms with Gasteiger partial charge in [-0.05, 0) is 36.1 Å². The van der Waals surface area contributed by atoms with E-state index in [0.717, 1.165) is 6.61 Å². The third-order valence-electron chi connectivity index (χ3n) is 3.19. The van der Waals surface area contributed by atoms with Crippen LogP contribution in [0.1, 0.15) is 38.2 Å². The molecule has 87 valence electrons. The molecule has 1 nitrogen and oxygen atoms in total. The number of unbranched alkanes of at least 4 members (excludes halogenated alkanes) is 1. The number of aryl methyl sites for hydroxylation is 1. The fourth-order valence-corrected chi connectivity index (χ4v) is 4.62. The second-order valence-electron chi connectivity index (χ2n) is 4.49. The van der Waals surface area contributed by atoms with Gasteiger partial charge in [0.2, 0.25) is 9.04 Å². The van der Waals surface area contributed by atoms with Crippen LogP contribution < -0.4 is 5.19 Å². The molecular weight excluding hydrogens is 212 g/mol. The van der Waals surface area contributed by atoms with Gasteiger partial charge in [-0.2, -0.15) is 0 Å². The number of hydrogen-bond donors (Lipinski definition) is 0. The largest absolute Gasteiger partial charge is 0.412 e. The van der Waals surface area contributed by atoms with Crippen LogP contribution in [0.3, 0.4) is 0 Å². The smallest absolute Gasteiger partial charge is 0.246 e. The summed E-state index contributed by atoms with van der Waals surface area (Å²) in [6.07, 6.45) is 6.41. The van der Waals surface area contributed by atoms with Gasteiger partial charge in [0.25, 0.3) is 0 Å². The molecule has 0 bridgehead atoms. The highest BCUT2D eigenvalue weighted by Crippen LogP contribution is 2.13. The Bertz CT molecular complexity index is 318. The predicted octanol–water partition coefficient (Wildman–Crippen LogP) is 3.04. The van der Waals surface area contributed by atoms with Crippen molar-refractivity contribution in [3.05, 3.63) is 29.8 Å². The van der Waals surface area contributed by atoms with Crippen LogP contribution in [0.4, 0.5) is 0 Å². The highest BCUT2D eigenvalue weighted by Gasteiger charge is 2.21. The molecule has 1 aromatic carbocycles. The highest BCUT2D eigenvalue weighted by molar-refractivity contribution is 6.68. The molecule has 0 N–H and O–H groups in total. The Labute approximate surface area is 101 Å². The topological polar surface area (TPSA) is 9.23 Å². The van der Waals surface area contributed by atoms with Gasteiger partial charge in [-0.1, -0.05) is 44.0 Å². The van der Waals surface area contributed by atoms with Crippen LogP contribution in [0.5, 0.6) is 0 Å². The van der Waals surface area contributed by atoms with Crippen LogP contribution in [0, 0.1) is 0 Å². The summed E-state index contributed by atoms with van der Waals surface area (Å²) in [5, 5.41) is 1.54. The Balaban J connectivity index is 2.11. The van der Waals surface area contributed by atoms with Crippen LogP contribution >= 0.6 is 0 Å². The van der Waals surface area contributed by atoms with Crippen molar-refractivity contribution in [1.82, 2.24) is 0 Å². The van der Waals surface area contributed by atoms with Gasteiger partial charge >= 0.3 is 0 Å². The molecule has 0 aromatic heterocycles. The van der Waals surface area contributed by atoms with E-state index >= 15 is 0 Å². The summed E-state index contributed by atoms with van der Waals surface area (Å²) >= 11 is 0. The van der Waals surface area contributed by atoms with Crippen molar-refractivity contribution in [2.24, 2.45) is 0 Å². The fraction of sp³-hybridized carbons (Fsp3) is 0.571. The second kappa shape index (κ2) is 6.21. The molecule has 1 aliphatic heterocycles. The lowest BCUT2D eigenvalue weighted by molar-refractivity contribution is 0.294. The van der Waals surface area contributed by atoms with Crippen LogP contribution in [0.15, 0.2) is 24.3 Å². The van der Waals surface area contributed by atoms with Crippen molar-refractivity contribution in [2.45, 2.75) is 45.1 Å². The molecule has 1 heterocycles. The van der Waals surface area contributed by atoms with Gasteiger partial charge in [0.1, 0.15) is 0 Å². The van der Waals surface area contributed by atoms with E-state index in [2.05, 4.69) is 31.2 Å². The number of rotatable bonds is 4. The molecule has 0 aliphatic carbocycles. The zero-order valence-electron chi connectivity index (χ0n) is 10.2. The minimum atomic E-state index is -0.685. The van der Waals surface area contributed by atoms with Crippen LogP contribution in [0.2, 0.25) is 6.04 Å². The summed E-state index contributed by atoms with van der Waals surface area (Å²) < 4.78 is 5.99. The van der Waals surface area contributed by atoms with E-state index in [0.29, 0.717) is 0 Å². The van der Waals surface area contributed by atoms with E-state index in [-0.39, 0.29) is 0 Å². The van der Waals surface area contributed by atoms with Gasteiger partial charge < -0.3 is 4.43 Å². The first-order chi connectivity index (χ1) is 7.92. The molecule has 1 aliphatic rings. The minimum Gasteiger partial charge on any atom is -0.412 e. The zero-order chi connectivity index (χ0) is 11.2. The third-order valence-corrected chi connectivity index (χ3v) is 5.64. The maximum Gasteiger partial charge on any atom is 0.246 e. The standard InChI is InChI=1S/C14H21OSi/c1-2-3-8-13-9-4-5-10-14(13)16-12-7-6-11-15-16/h4-5,9-10H,2-3,6-8,11-12H2,1H3. The van der Waals surface area contributed by atoms with Crippen LogP contribution in [0.25, 0.3) is 0 Å². The Kier molecular flexibility index (Phi) is 4.61. The molecule has 0 spiro atoms. The molecule has 1 aromatic rings. The van der Waals surface area contributed by atoms with E-state index < -0.39 is 9.04 Å². The Hall–Kier alpha value is -0.603. The van der Waals surface area contributed by atoms with Gasteiger partial charge in [-0.3, -0.25) is 0 Å². The lowest BCUT2D eigenvalue weighted by Gasteiger charge is -2.22. The van der Waals surface area contributed by atoms with Gasteiger partial charge in [0.05, 0.1) is 0 Å². The maximum absolute atomic E-state index is 5.99. The first-order valence-corrected chi connectivity index (χ1v) is 8.10. The Morgan fingerprint density at radius 3 is 2.88 bits per heavy atom. The van der Waals surface area contributed by atoms with Gasteiger partial charge in [-0.15, -0.1) is 0 Å². The van der Waals surface area contributed by atoms with Gasteiger partial charge in [-0.25, -0.2) is 0 Å². The number of benzene rings is 1. The summed E-state index contributed by atoms with van der Waals surface area (Å²) in [4.78, 5) is 0. The van der Waals surface area contributed by atoms with Gasteiger partial charge in [0.15, 0.2) is 0 Å². The van der Waals surface area contributed by atoms with Crippen molar-refractivity contribution in [2.75, 3.05) is 6.61 Å². The first kappa shape index (κ1) is 11.9. The van der Waals surface area contributed by atoms with Crippen molar-refractivity contribution < 1.29 is 4.43 Å². The molecule has 1 fully saturated rings. The van der Waals surface area contributed by atoms with Crippen molar-refractivity contribution in [1.29, 1.82) is 0 Å². The molecule has 1 radical (unpaired) electrons. The Morgan fingerprint density at radius 1 is 1.25 bits per heavy atom. The SMILES string of the molecule is CCCCc1ccccc1[Si]1CCCCO1. The second-order valence-corrected chi connectivity index (χ2v) is 6.66. The maximum atomic E-state index is 5.99. The summed E-state index contributed by atoms with van der Waals surface area (Å²) in [6, 6.07) is 10.2. The van der Waals surface area contributed by atoms with Crippen LogP contribution in [-0.2, 0) is 10.8 Å². The predicted molar refractivity (Wildman–Crippen MR) is 70.4 cm³/mol. The minimum absolute atomic E-state index is 0.685. The average Bonchev–Trinajstić information content (AvgIpc) is 2.38. The van der Waals surface area contributed by atoms with E-state index in [1.807, 2.05) is 0 Å². The molecule has 0 amide bonds. The normalized spacial score (nSPS) is 17.6. The monoisotopic (exact) mass is 233 g/mol. The van der Waals surface area contributed by atoms with Crippen molar-refractivity contribution in [3.63, 3.8) is 0 Å². The van der Waals surface area contributed by atoms with Crippen LogP contribution in [-0.4, -0.2) is 15.6 Å². The van der Waals surface area contributed by atoms with E-state index in [1.165, 1.54) is 38.1 Å². The van der Waals surface area contributed by atoms with E-state index in [4.69, 9.17) is 4.43 Å². The molecule has 2 heteroatoms. The molecule has 0 saturated carbocycles. The fourth-order valence-electron chi connectivity index (χ4n) is 2.25. The molecule has 1 saturated heterocycles. The molecule has 0 unspecified atom stereocenters. The quantitative estimate of drug-likeness (QED) is 0.726. The highest BCUT2D eigenvalue weighted by atomic mass is 28.3. The third kappa shape index (κ3) is 2.95. The summed E-state index contributed by atoms with van der Waals surface area (Å²) in [5.41, 5.74) is 1.54. The molecule has 0 atom stereocenters. The lowest BCUT2D eigenvalue weighted by Crippen LogP contribution is -2.38. The molecular formula is C14H21OSi.